The highest BCUT2D eigenvalue weighted by molar-refractivity contribution is 6.42. The van der Waals surface area contributed by atoms with Crippen LogP contribution >= 0.6 is 23.2 Å². The van der Waals surface area contributed by atoms with Gasteiger partial charge in [-0.25, -0.2) is 0 Å². The summed E-state index contributed by atoms with van der Waals surface area (Å²) < 4.78 is 5.06. The monoisotopic (exact) mass is 199 g/mol. The fourth-order valence-electron chi connectivity index (χ4n) is 0.632. The van der Waals surface area contributed by atoms with Gasteiger partial charge in [-0.3, -0.25) is 0 Å². The predicted molar refractivity (Wildman–Crippen MR) is 49.6 cm³/mol. The van der Waals surface area contributed by atoms with Crippen LogP contribution in [0.5, 0.6) is 5.75 Å². The van der Waals surface area contributed by atoms with E-state index in [4.69, 9.17) is 34.4 Å². The molecule has 0 bridgehead atoms. The van der Waals surface area contributed by atoms with E-state index in [0.717, 1.165) is 0 Å². The van der Waals surface area contributed by atoms with Crippen LogP contribution in [-0.2, 0) is 0 Å². The molecule has 0 unspecified atom stereocenters. The molecular weight excluding hydrogens is 195 g/mol. The number of terminal acetylenes is 1. The van der Waals surface area contributed by atoms with Gasteiger partial charge in [-0.15, -0.1) is 6.42 Å². The molecule has 0 aliphatic carbocycles. The van der Waals surface area contributed by atoms with Crippen LogP contribution in [0.3, 0.4) is 0 Å². The van der Waals surface area contributed by atoms with Gasteiger partial charge in [0.2, 0.25) is 0 Å². The van der Waals surface area contributed by atoms with Gasteiger partial charge in [-0.2, -0.15) is 0 Å². The highest BCUT2D eigenvalue weighted by atomic mass is 35.5. The summed E-state index contributed by atoms with van der Waals surface area (Å²) in [5.74, 6) is 2.83. The summed E-state index contributed by atoms with van der Waals surface area (Å²) in [6.45, 7) is 0.203. The van der Waals surface area contributed by atoms with Gasteiger partial charge in [0.25, 0.3) is 0 Å². The normalized spacial score (nSPS) is 9.08. The summed E-state index contributed by atoms with van der Waals surface area (Å²) >= 11 is 11.4. The van der Waals surface area contributed by atoms with Crippen molar-refractivity contribution in [2.24, 2.45) is 0 Å². The van der Waals surface area contributed by atoms with Crippen molar-refractivity contribution in [2.45, 2.75) is 0 Å². The van der Waals surface area contributed by atoms with Crippen molar-refractivity contribution in [3.8, 4) is 18.1 Å². The number of benzene rings is 1. The van der Waals surface area contributed by atoms with Gasteiger partial charge >= 0.3 is 0 Å². The van der Waals surface area contributed by atoms with Crippen molar-refractivity contribution < 1.29 is 4.74 Å². The first-order valence-corrected chi connectivity index (χ1v) is 3.92. The average Bonchev–Trinajstić information content (AvgIpc) is 2.07. The summed E-state index contributed by atoms with van der Waals surface area (Å²) in [5, 5.41) is 0.882. The quantitative estimate of drug-likeness (QED) is 0.667. The Morgan fingerprint density at radius 1 is 1.50 bits per heavy atom. The zero-order valence-electron chi connectivity index (χ0n) is 6.10. The Bertz CT molecular complexity index is 315. The van der Waals surface area contributed by atoms with E-state index in [0.29, 0.717) is 15.8 Å². The Morgan fingerprint density at radius 3 is 2.83 bits per heavy atom. The van der Waals surface area contributed by atoms with Crippen molar-refractivity contribution in [1.82, 2.24) is 0 Å². The van der Waals surface area contributed by atoms with E-state index in [1.807, 2.05) is 0 Å². The van der Waals surface area contributed by atoms with Crippen LogP contribution in [0.2, 0.25) is 10.0 Å². The molecule has 1 aromatic rings. The first-order valence-electron chi connectivity index (χ1n) is 3.17. The fourth-order valence-corrected chi connectivity index (χ4v) is 0.895. The predicted octanol–water partition coefficient (Wildman–Crippen LogP) is 2.81. The van der Waals surface area contributed by atoms with Crippen LogP contribution < -0.4 is 4.74 Å². The van der Waals surface area contributed by atoms with E-state index in [-0.39, 0.29) is 6.61 Å². The van der Waals surface area contributed by atoms with Crippen LogP contribution in [0.15, 0.2) is 12.1 Å². The van der Waals surface area contributed by atoms with Gasteiger partial charge < -0.3 is 4.74 Å². The highest BCUT2D eigenvalue weighted by Crippen LogP contribution is 2.25. The maximum atomic E-state index is 5.71. The molecule has 0 fully saturated rings. The third kappa shape index (κ3) is 2.34. The molecule has 1 aromatic carbocycles. The molecule has 1 radical (unpaired) electrons. The van der Waals surface area contributed by atoms with Crippen LogP contribution in [-0.4, -0.2) is 6.61 Å². The Balaban J connectivity index is 2.77. The van der Waals surface area contributed by atoms with Gasteiger partial charge in [-0.1, -0.05) is 29.1 Å². The first-order chi connectivity index (χ1) is 5.74. The molecular formula is C9H5Cl2O. The van der Waals surface area contributed by atoms with E-state index in [1.54, 1.807) is 6.07 Å². The standard InChI is InChI=1S/C9H5Cl2O/c1-2-5-12-7-3-4-8(10)9(11)6-7/h1,4,6H,5H2. The molecule has 3 heteroatoms. The zero-order valence-corrected chi connectivity index (χ0v) is 7.62. The number of hydrogen-bond donors (Lipinski definition) is 0. The topological polar surface area (TPSA) is 9.23 Å². The Morgan fingerprint density at radius 2 is 2.25 bits per heavy atom. The van der Waals surface area contributed by atoms with E-state index in [9.17, 15) is 0 Å². The number of rotatable bonds is 2. The molecule has 0 saturated carbocycles. The summed E-state index contributed by atoms with van der Waals surface area (Å²) in [6, 6.07) is 5.89. The van der Waals surface area contributed by atoms with Crippen molar-refractivity contribution in [3.63, 3.8) is 0 Å². The molecule has 0 aromatic heterocycles. The minimum atomic E-state index is 0.203. The van der Waals surface area contributed by atoms with Crippen molar-refractivity contribution in [3.05, 3.63) is 28.2 Å². The van der Waals surface area contributed by atoms with Crippen molar-refractivity contribution in [2.75, 3.05) is 6.61 Å². The molecule has 1 rings (SSSR count). The Hall–Kier alpha value is -0.840. The number of ether oxygens (including phenoxy) is 1. The molecule has 12 heavy (non-hydrogen) atoms. The smallest absolute Gasteiger partial charge is 0.148 e. The molecule has 0 heterocycles. The molecule has 61 valence electrons. The van der Waals surface area contributed by atoms with Crippen molar-refractivity contribution in [1.29, 1.82) is 0 Å². The SMILES string of the molecule is C#CCOc1[c]cc(Cl)c(Cl)c1. The molecule has 0 aliphatic heterocycles. The lowest BCUT2D eigenvalue weighted by molar-refractivity contribution is 0.369. The number of halogens is 2. The lowest BCUT2D eigenvalue weighted by Crippen LogP contribution is -1.92. The summed E-state index contributed by atoms with van der Waals surface area (Å²) in [5.41, 5.74) is 0. The second-order valence-corrected chi connectivity index (χ2v) is 2.80. The minimum absolute atomic E-state index is 0.203. The van der Waals surface area contributed by atoms with Crippen LogP contribution in [0.4, 0.5) is 0 Å². The van der Waals surface area contributed by atoms with Crippen LogP contribution in [0.1, 0.15) is 0 Å². The molecule has 1 nitrogen and oxygen atoms in total. The summed E-state index contributed by atoms with van der Waals surface area (Å²) in [4.78, 5) is 0. The Kier molecular flexibility index (Phi) is 3.28. The van der Waals surface area contributed by atoms with Gasteiger partial charge in [0, 0.05) is 12.1 Å². The van der Waals surface area contributed by atoms with Gasteiger partial charge in [-0.05, 0) is 6.07 Å². The Labute approximate surface area is 81.2 Å². The maximum absolute atomic E-state index is 5.71. The molecule has 0 spiro atoms. The summed E-state index contributed by atoms with van der Waals surface area (Å²) in [6.07, 6.45) is 5.00. The first kappa shape index (κ1) is 9.25. The second kappa shape index (κ2) is 4.25. The zero-order chi connectivity index (χ0) is 8.97. The number of hydrogen-bond acceptors (Lipinski definition) is 1. The maximum Gasteiger partial charge on any atom is 0.148 e. The molecule has 0 aliphatic rings. The fraction of sp³-hybridized carbons (Fsp3) is 0.111. The molecule has 0 saturated heterocycles. The van der Waals surface area contributed by atoms with Gasteiger partial charge in [0.15, 0.2) is 0 Å². The van der Waals surface area contributed by atoms with Crippen LogP contribution in [0.25, 0.3) is 0 Å². The minimum Gasteiger partial charge on any atom is -0.480 e. The summed E-state index contributed by atoms with van der Waals surface area (Å²) in [7, 11) is 0. The van der Waals surface area contributed by atoms with Crippen molar-refractivity contribution >= 4 is 23.2 Å². The lowest BCUT2D eigenvalue weighted by Gasteiger charge is -2.01. The molecule has 0 atom stereocenters. The second-order valence-electron chi connectivity index (χ2n) is 1.99. The third-order valence-corrected chi connectivity index (χ3v) is 1.86. The van der Waals surface area contributed by atoms with Gasteiger partial charge in [0.05, 0.1) is 10.0 Å². The average molecular weight is 200 g/mol. The van der Waals surface area contributed by atoms with Gasteiger partial charge in [0.1, 0.15) is 12.4 Å². The largest absolute Gasteiger partial charge is 0.480 e. The highest BCUT2D eigenvalue weighted by Gasteiger charge is 1.99. The van der Waals surface area contributed by atoms with Crippen LogP contribution in [0, 0.1) is 18.4 Å². The van der Waals surface area contributed by atoms with E-state index >= 15 is 0 Å². The third-order valence-electron chi connectivity index (χ3n) is 1.14. The molecule has 0 amide bonds. The molecule has 0 N–H and O–H groups in total. The van der Waals surface area contributed by atoms with E-state index in [2.05, 4.69) is 12.0 Å². The lowest BCUT2D eigenvalue weighted by atomic mass is 10.3. The van der Waals surface area contributed by atoms with E-state index in [1.165, 1.54) is 6.07 Å². The van der Waals surface area contributed by atoms with E-state index < -0.39 is 0 Å².